The highest BCUT2D eigenvalue weighted by molar-refractivity contribution is 7.99. The molecular weight excluding hydrogens is 408 g/mol. The third-order valence-electron chi connectivity index (χ3n) is 4.92. The van der Waals surface area contributed by atoms with Crippen molar-refractivity contribution in [1.82, 2.24) is 13.9 Å². The van der Waals surface area contributed by atoms with Crippen molar-refractivity contribution in [2.75, 3.05) is 24.2 Å². The Kier molecular flexibility index (Phi) is 5.62. The first-order valence-corrected chi connectivity index (χ1v) is 11.8. The van der Waals surface area contributed by atoms with Crippen molar-refractivity contribution < 1.29 is 13.2 Å². The van der Waals surface area contributed by atoms with Crippen LogP contribution in [-0.2, 0) is 21.9 Å². The molecule has 0 atom stereocenters. The highest BCUT2D eigenvalue weighted by Gasteiger charge is 2.26. The second kappa shape index (κ2) is 8.17. The molecule has 2 aromatic carbocycles. The Bertz CT molecular complexity index is 1130. The summed E-state index contributed by atoms with van der Waals surface area (Å²) in [5.41, 5.74) is 2.49. The van der Waals surface area contributed by atoms with Crippen LogP contribution in [0, 0.1) is 0 Å². The number of carbonyl (C=O) groups excluding carboxylic acids is 1. The fourth-order valence-corrected chi connectivity index (χ4v) is 5.67. The summed E-state index contributed by atoms with van der Waals surface area (Å²) in [6, 6.07) is 14.2. The quantitative estimate of drug-likeness (QED) is 0.608. The minimum atomic E-state index is -3.44. The van der Waals surface area contributed by atoms with E-state index < -0.39 is 10.0 Å². The van der Waals surface area contributed by atoms with Crippen LogP contribution in [-0.4, -0.2) is 47.0 Å². The molecule has 0 radical (unpaired) electrons. The normalized spacial score (nSPS) is 15.1. The summed E-state index contributed by atoms with van der Waals surface area (Å²) in [7, 11) is -1.52. The predicted molar refractivity (Wildman–Crippen MR) is 115 cm³/mol. The fraction of sp³-hybridized carbons (Fsp3) is 0.300. The second-order valence-corrected chi connectivity index (χ2v) is 9.79. The Balaban J connectivity index is 1.37. The fourth-order valence-electron chi connectivity index (χ4n) is 3.37. The Morgan fingerprint density at radius 1 is 1.10 bits per heavy atom. The number of hydrogen-bond acceptors (Lipinski definition) is 5. The van der Waals surface area contributed by atoms with E-state index in [2.05, 4.69) is 10.3 Å². The monoisotopic (exact) mass is 430 g/mol. The highest BCUT2D eigenvalue weighted by atomic mass is 32.2. The number of benzene rings is 2. The molecule has 1 aliphatic heterocycles. The lowest BCUT2D eigenvalue weighted by Crippen LogP contribution is -2.27. The summed E-state index contributed by atoms with van der Waals surface area (Å²) in [5.74, 6) is 0.0440. The average molecular weight is 431 g/mol. The molecule has 1 aliphatic rings. The average Bonchev–Trinajstić information content (AvgIpc) is 3.36. The molecule has 0 spiro atoms. The number of fused-ring (bicyclic) bond motifs is 1. The summed E-state index contributed by atoms with van der Waals surface area (Å²) in [6.45, 7) is 1.14. The lowest BCUT2D eigenvalue weighted by atomic mass is 10.3. The van der Waals surface area contributed by atoms with Crippen molar-refractivity contribution in [3.63, 3.8) is 0 Å². The van der Waals surface area contributed by atoms with Gasteiger partial charge < -0.3 is 9.88 Å². The van der Waals surface area contributed by atoms with Crippen LogP contribution in [0.4, 0.5) is 5.69 Å². The van der Waals surface area contributed by atoms with Crippen LogP contribution in [0.25, 0.3) is 11.0 Å². The maximum atomic E-state index is 12.6. The SMILES string of the molecule is Cn1c(SCC(=O)Nc2ccc(S(=O)(=O)N3CCCC3)cc2)nc2ccccc21. The van der Waals surface area contributed by atoms with Crippen LogP contribution >= 0.6 is 11.8 Å². The number of rotatable bonds is 6. The minimum Gasteiger partial charge on any atom is -0.325 e. The lowest BCUT2D eigenvalue weighted by molar-refractivity contribution is -0.113. The zero-order valence-electron chi connectivity index (χ0n) is 16.0. The van der Waals surface area contributed by atoms with E-state index in [0.717, 1.165) is 29.0 Å². The van der Waals surface area contributed by atoms with E-state index in [4.69, 9.17) is 0 Å². The predicted octanol–water partition coefficient (Wildman–Crippen LogP) is 3.09. The van der Waals surface area contributed by atoms with Crippen LogP contribution in [0.15, 0.2) is 58.6 Å². The first kappa shape index (κ1) is 19.9. The smallest absolute Gasteiger partial charge is 0.243 e. The molecule has 0 aliphatic carbocycles. The number of para-hydroxylation sites is 2. The van der Waals surface area contributed by atoms with Crippen molar-refractivity contribution in [2.24, 2.45) is 7.05 Å². The standard InChI is InChI=1S/C20H22N4O3S2/c1-23-18-7-3-2-6-17(18)22-20(23)28-14-19(25)21-15-8-10-16(11-9-15)29(26,27)24-12-4-5-13-24/h2-3,6-11H,4-5,12-14H2,1H3,(H,21,25). The van der Waals surface area contributed by atoms with Crippen molar-refractivity contribution in [3.8, 4) is 0 Å². The summed E-state index contributed by atoms with van der Waals surface area (Å²) in [6.07, 6.45) is 1.80. The van der Waals surface area contributed by atoms with E-state index >= 15 is 0 Å². The third-order valence-corrected chi connectivity index (χ3v) is 7.86. The second-order valence-electron chi connectivity index (χ2n) is 6.91. The molecule has 2 heterocycles. The van der Waals surface area contributed by atoms with Crippen molar-refractivity contribution >= 4 is 44.4 Å². The zero-order valence-corrected chi connectivity index (χ0v) is 17.7. The molecule has 7 nitrogen and oxygen atoms in total. The van der Waals surface area contributed by atoms with E-state index in [1.165, 1.54) is 16.1 Å². The molecule has 1 aromatic heterocycles. The zero-order chi connectivity index (χ0) is 20.4. The minimum absolute atomic E-state index is 0.169. The molecule has 1 fully saturated rings. The van der Waals surface area contributed by atoms with Gasteiger partial charge in [0.25, 0.3) is 0 Å². The van der Waals surface area contributed by atoms with Gasteiger partial charge in [-0.25, -0.2) is 13.4 Å². The molecule has 9 heteroatoms. The lowest BCUT2D eigenvalue weighted by Gasteiger charge is -2.15. The van der Waals surface area contributed by atoms with Gasteiger partial charge in [0.05, 0.1) is 21.7 Å². The molecule has 0 unspecified atom stereocenters. The molecule has 3 aromatic rings. The van der Waals surface area contributed by atoms with E-state index in [1.807, 2.05) is 35.9 Å². The van der Waals surface area contributed by atoms with Gasteiger partial charge in [0, 0.05) is 25.8 Å². The molecule has 1 saturated heterocycles. The van der Waals surface area contributed by atoms with Gasteiger partial charge in [-0.2, -0.15) is 4.31 Å². The first-order valence-electron chi connectivity index (χ1n) is 9.39. The van der Waals surface area contributed by atoms with Crippen molar-refractivity contribution in [1.29, 1.82) is 0 Å². The number of nitrogens with one attached hydrogen (secondary N) is 1. The maximum absolute atomic E-state index is 12.6. The summed E-state index contributed by atoms with van der Waals surface area (Å²) < 4.78 is 28.6. The van der Waals surface area contributed by atoms with Gasteiger partial charge in [0.1, 0.15) is 0 Å². The van der Waals surface area contributed by atoms with E-state index in [0.29, 0.717) is 18.8 Å². The number of carbonyl (C=O) groups is 1. The number of hydrogen-bond donors (Lipinski definition) is 1. The number of imidazole rings is 1. The van der Waals surface area contributed by atoms with Crippen LogP contribution in [0.5, 0.6) is 0 Å². The molecule has 1 amide bonds. The number of aromatic nitrogens is 2. The Hall–Kier alpha value is -2.36. The summed E-state index contributed by atoms with van der Waals surface area (Å²) in [5, 5.41) is 3.58. The molecule has 0 saturated carbocycles. The summed E-state index contributed by atoms with van der Waals surface area (Å²) >= 11 is 1.36. The number of anilines is 1. The van der Waals surface area contributed by atoms with Crippen molar-refractivity contribution in [3.05, 3.63) is 48.5 Å². The highest BCUT2D eigenvalue weighted by Crippen LogP contribution is 2.24. The number of thioether (sulfide) groups is 1. The number of sulfonamides is 1. The Morgan fingerprint density at radius 2 is 1.79 bits per heavy atom. The molecule has 1 N–H and O–H groups in total. The molecular formula is C20H22N4O3S2. The van der Waals surface area contributed by atoms with Crippen LogP contribution in [0.1, 0.15) is 12.8 Å². The van der Waals surface area contributed by atoms with Gasteiger partial charge in [-0.05, 0) is 49.2 Å². The van der Waals surface area contributed by atoms with Crippen molar-refractivity contribution in [2.45, 2.75) is 22.9 Å². The van der Waals surface area contributed by atoms with Gasteiger partial charge >= 0.3 is 0 Å². The molecule has 4 rings (SSSR count). The summed E-state index contributed by atoms with van der Waals surface area (Å²) in [4.78, 5) is 17.1. The number of nitrogens with zero attached hydrogens (tertiary/aromatic N) is 3. The van der Waals surface area contributed by atoms with E-state index in [-0.39, 0.29) is 16.6 Å². The van der Waals surface area contributed by atoms with Gasteiger partial charge in [-0.3, -0.25) is 4.79 Å². The Morgan fingerprint density at radius 3 is 2.48 bits per heavy atom. The van der Waals surface area contributed by atoms with E-state index in [1.54, 1.807) is 24.3 Å². The van der Waals surface area contributed by atoms with Crippen LogP contribution in [0.2, 0.25) is 0 Å². The largest absolute Gasteiger partial charge is 0.325 e. The first-order chi connectivity index (χ1) is 13.9. The maximum Gasteiger partial charge on any atom is 0.243 e. The topological polar surface area (TPSA) is 84.3 Å². The van der Waals surface area contributed by atoms with Gasteiger partial charge in [-0.15, -0.1) is 0 Å². The number of aryl methyl sites for hydroxylation is 1. The van der Waals surface area contributed by atoms with Gasteiger partial charge in [0.2, 0.25) is 15.9 Å². The van der Waals surface area contributed by atoms with Crippen LogP contribution < -0.4 is 5.32 Å². The Labute approximate surface area is 174 Å². The third kappa shape index (κ3) is 4.17. The van der Waals surface area contributed by atoms with Crippen LogP contribution in [0.3, 0.4) is 0 Å². The molecule has 0 bridgehead atoms. The molecule has 29 heavy (non-hydrogen) atoms. The molecule has 152 valence electrons. The van der Waals surface area contributed by atoms with Gasteiger partial charge in [0.15, 0.2) is 5.16 Å². The van der Waals surface area contributed by atoms with E-state index in [9.17, 15) is 13.2 Å². The van der Waals surface area contributed by atoms with Gasteiger partial charge in [-0.1, -0.05) is 23.9 Å². The number of amides is 1.